The molecule has 0 aliphatic heterocycles. The van der Waals surface area contributed by atoms with Gasteiger partial charge in [-0.1, -0.05) is 62.2 Å². The van der Waals surface area contributed by atoms with Gasteiger partial charge in [-0.25, -0.2) is 9.37 Å². The summed E-state index contributed by atoms with van der Waals surface area (Å²) in [4.78, 5) is 31.1. The average Bonchev–Trinajstić information content (AvgIpc) is 2.79. The highest BCUT2D eigenvalue weighted by Gasteiger charge is 2.30. The van der Waals surface area contributed by atoms with Gasteiger partial charge in [0.1, 0.15) is 5.82 Å². The van der Waals surface area contributed by atoms with E-state index in [1.165, 1.54) is 40.9 Å². The molecule has 3 aromatic rings. The van der Waals surface area contributed by atoms with Gasteiger partial charge in [-0.3, -0.25) is 14.2 Å². The van der Waals surface area contributed by atoms with Crippen LogP contribution in [0.5, 0.6) is 0 Å². The van der Waals surface area contributed by atoms with Gasteiger partial charge < -0.3 is 5.32 Å². The molecule has 0 spiro atoms. The second-order valence-corrected chi connectivity index (χ2v) is 10.5. The monoisotopic (exact) mass is 487 g/mol. The Kier molecular flexibility index (Phi) is 7.10. The van der Waals surface area contributed by atoms with Crippen molar-refractivity contribution in [2.75, 3.05) is 0 Å². The van der Waals surface area contributed by atoms with Crippen LogP contribution < -0.4 is 10.9 Å². The molecule has 0 bridgehead atoms. The van der Waals surface area contributed by atoms with Crippen molar-refractivity contribution in [3.8, 4) is 5.69 Å². The minimum Gasteiger partial charge on any atom is -0.352 e. The molecule has 0 radical (unpaired) electrons. The molecule has 1 saturated carbocycles. The van der Waals surface area contributed by atoms with Crippen LogP contribution >= 0.6 is 23.4 Å². The first-order valence-corrected chi connectivity index (χ1v) is 12.5. The summed E-state index contributed by atoms with van der Waals surface area (Å²) < 4.78 is 15.2. The first kappa shape index (κ1) is 23.8. The predicted octanol–water partition coefficient (Wildman–Crippen LogP) is 5.60. The Morgan fingerprint density at radius 3 is 2.76 bits per heavy atom. The van der Waals surface area contributed by atoms with Crippen LogP contribution in [0, 0.1) is 17.7 Å². The van der Waals surface area contributed by atoms with Crippen LogP contribution in [0.1, 0.15) is 40.0 Å². The summed E-state index contributed by atoms with van der Waals surface area (Å²) in [5, 5.41) is 3.42. The number of amides is 1. The van der Waals surface area contributed by atoms with Crippen molar-refractivity contribution in [3.05, 3.63) is 63.7 Å². The summed E-state index contributed by atoms with van der Waals surface area (Å²) in [6, 6.07) is 11.3. The lowest BCUT2D eigenvalue weighted by Gasteiger charge is -2.35. The Balaban J connectivity index is 1.68. The maximum Gasteiger partial charge on any atom is 0.266 e. The van der Waals surface area contributed by atoms with Crippen molar-refractivity contribution in [1.29, 1.82) is 0 Å². The molecule has 33 heavy (non-hydrogen) atoms. The van der Waals surface area contributed by atoms with Crippen LogP contribution in [-0.4, -0.2) is 26.8 Å². The number of benzene rings is 2. The van der Waals surface area contributed by atoms with Crippen LogP contribution in [-0.2, 0) is 4.79 Å². The molecule has 0 unspecified atom stereocenters. The smallest absolute Gasteiger partial charge is 0.266 e. The number of carbonyl (C=O) groups is 1. The van der Waals surface area contributed by atoms with Crippen molar-refractivity contribution >= 4 is 40.2 Å². The largest absolute Gasteiger partial charge is 0.352 e. The molecule has 8 heteroatoms. The highest BCUT2D eigenvalue weighted by Crippen LogP contribution is 2.31. The average molecular weight is 488 g/mol. The number of nitrogens with one attached hydrogen (secondary N) is 1. The van der Waals surface area contributed by atoms with Gasteiger partial charge >= 0.3 is 0 Å². The fourth-order valence-electron chi connectivity index (χ4n) is 4.34. The molecule has 0 saturated heterocycles. The zero-order valence-electron chi connectivity index (χ0n) is 18.8. The second kappa shape index (κ2) is 9.85. The molecule has 5 nitrogen and oxygen atoms in total. The molecular weight excluding hydrogens is 461 g/mol. The SMILES string of the molecule is C[C@@H]1[C@H](C)CCC[C@H]1NC(=O)[C@H](C)Sc1nc2ccccc2c(=O)n1-c1ccc(F)c(Cl)c1. The van der Waals surface area contributed by atoms with Crippen molar-refractivity contribution in [2.24, 2.45) is 11.8 Å². The van der Waals surface area contributed by atoms with E-state index in [0.29, 0.717) is 33.6 Å². The molecule has 1 N–H and O–H groups in total. The van der Waals surface area contributed by atoms with E-state index in [0.717, 1.165) is 12.8 Å². The number of hydrogen-bond acceptors (Lipinski definition) is 4. The fourth-order valence-corrected chi connectivity index (χ4v) is 5.45. The van der Waals surface area contributed by atoms with E-state index in [1.54, 1.807) is 25.1 Å². The summed E-state index contributed by atoms with van der Waals surface area (Å²) in [6.45, 7) is 6.22. The third-order valence-corrected chi connectivity index (χ3v) is 7.93. The van der Waals surface area contributed by atoms with Gasteiger partial charge in [-0.15, -0.1) is 0 Å². The summed E-state index contributed by atoms with van der Waals surface area (Å²) in [5.74, 6) is 0.331. The van der Waals surface area contributed by atoms with Crippen LogP contribution in [0.15, 0.2) is 52.4 Å². The topological polar surface area (TPSA) is 64.0 Å². The Bertz CT molecular complexity index is 1250. The van der Waals surface area contributed by atoms with Crippen LogP contribution in [0.4, 0.5) is 4.39 Å². The Hall–Kier alpha value is -2.38. The quantitative estimate of drug-likeness (QED) is 0.376. The van der Waals surface area contributed by atoms with Gasteiger partial charge in [0.25, 0.3) is 5.56 Å². The molecule has 1 fully saturated rings. The van der Waals surface area contributed by atoms with E-state index in [-0.39, 0.29) is 22.5 Å². The molecule has 2 aromatic carbocycles. The molecule has 4 atom stereocenters. The minimum atomic E-state index is -0.569. The zero-order chi connectivity index (χ0) is 23.7. The summed E-state index contributed by atoms with van der Waals surface area (Å²) in [7, 11) is 0. The lowest BCUT2D eigenvalue weighted by Crippen LogP contribution is -2.46. The maximum atomic E-state index is 13.8. The lowest BCUT2D eigenvalue weighted by atomic mass is 9.78. The van der Waals surface area contributed by atoms with Crippen LogP contribution in [0.3, 0.4) is 0 Å². The molecule has 1 heterocycles. The van der Waals surface area contributed by atoms with E-state index in [9.17, 15) is 14.0 Å². The number of para-hydroxylation sites is 1. The number of halogens is 2. The number of aromatic nitrogens is 2. The number of nitrogens with zero attached hydrogens (tertiary/aromatic N) is 2. The van der Waals surface area contributed by atoms with Crippen molar-refractivity contribution < 1.29 is 9.18 Å². The van der Waals surface area contributed by atoms with E-state index < -0.39 is 11.1 Å². The molecule has 1 amide bonds. The molecule has 1 aliphatic rings. The first-order chi connectivity index (χ1) is 15.8. The lowest BCUT2D eigenvalue weighted by molar-refractivity contribution is -0.121. The van der Waals surface area contributed by atoms with E-state index in [2.05, 4.69) is 24.1 Å². The minimum absolute atomic E-state index is 0.0861. The normalized spacial score (nSPS) is 21.7. The van der Waals surface area contributed by atoms with E-state index >= 15 is 0 Å². The molecule has 1 aliphatic carbocycles. The van der Waals surface area contributed by atoms with Gasteiger partial charge in [0.05, 0.1) is 26.9 Å². The number of rotatable bonds is 5. The third kappa shape index (κ3) is 4.94. The third-order valence-electron chi connectivity index (χ3n) is 6.59. The maximum absolute atomic E-state index is 13.8. The predicted molar refractivity (Wildman–Crippen MR) is 132 cm³/mol. The van der Waals surface area contributed by atoms with Gasteiger partial charge in [-0.05, 0) is 55.5 Å². The molecule has 1 aromatic heterocycles. The zero-order valence-corrected chi connectivity index (χ0v) is 20.4. The highest BCUT2D eigenvalue weighted by atomic mass is 35.5. The van der Waals surface area contributed by atoms with Crippen LogP contribution in [0.25, 0.3) is 16.6 Å². The van der Waals surface area contributed by atoms with Crippen LogP contribution in [0.2, 0.25) is 5.02 Å². The summed E-state index contributed by atoms with van der Waals surface area (Å²) in [5.41, 5.74) is 0.638. The number of hydrogen-bond donors (Lipinski definition) is 1. The van der Waals surface area contributed by atoms with E-state index in [1.807, 2.05) is 6.07 Å². The number of carbonyl (C=O) groups excluding carboxylic acids is 1. The van der Waals surface area contributed by atoms with Gasteiger partial charge in [-0.2, -0.15) is 0 Å². The van der Waals surface area contributed by atoms with E-state index in [4.69, 9.17) is 11.6 Å². The summed E-state index contributed by atoms with van der Waals surface area (Å²) in [6.07, 6.45) is 3.27. The first-order valence-electron chi connectivity index (χ1n) is 11.2. The fraction of sp³-hybridized carbons (Fsp3) is 0.400. The Labute approximate surface area is 201 Å². The van der Waals surface area contributed by atoms with Crippen molar-refractivity contribution in [3.63, 3.8) is 0 Å². The van der Waals surface area contributed by atoms with Gasteiger partial charge in [0, 0.05) is 6.04 Å². The Morgan fingerprint density at radius 2 is 2.00 bits per heavy atom. The molecule has 174 valence electrons. The molecule has 4 rings (SSSR count). The highest BCUT2D eigenvalue weighted by molar-refractivity contribution is 8.00. The summed E-state index contributed by atoms with van der Waals surface area (Å²) >= 11 is 7.20. The standard InChI is InChI=1S/C25H27ClFN3O2S/c1-14-7-6-10-21(15(14)2)28-23(31)16(3)33-25-29-22-9-5-4-8-18(22)24(32)30(25)17-11-12-20(27)19(26)13-17/h4-5,8-9,11-16,21H,6-7,10H2,1-3H3,(H,28,31)/t14-,15-,16+,21-/m1/s1. The van der Waals surface area contributed by atoms with Gasteiger partial charge in [0.2, 0.25) is 5.91 Å². The molecular formula is C25H27ClFN3O2S. The number of fused-ring (bicyclic) bond motifs is 1. The second-order valence-electron chi connectivity index (χ2n) is 8.79. The Morgan fingerprint density at radius 1 is 1.24 bits per heavy atom. The van der Waals surface area contributed by atoms with Gasteiger partial charge in [0.15, 0.2) is 5.16 Å². The number of thioether (sulfide) groups is 1. The van der Waals surface area contributed by atoms with Crippen molar-refractivity contribution in [1.82, 2.24) is 14.9 Å². The van der Waals surface area contributed by atoms with Crippen molar-refractivity contribution in [2.45, 2.75) is 56.5 Å².